The predicted molar refractivity (Wildman–Crippen MR) is 220 cm³/mol. The number of carbonyl (C=O) groups excluding carboxylic acids is 1. The molecule has 2 aliphatic heterocycles. The maximum absolute atomic E-state index is 17.0. The quantitative estimate of drug-likeness (QED) is 0.157. The van der Waals surface area contributed by atoms with Crippen LogP contribution in [0.3, 0.4) is 0 Å². The number of nitrogens with zero attached hydrogens (tertiary/aromatic N) is 4. The van der Waals surface area contributed by atoms with Gasteiger partial charge in [0, 0.05) is 0 Å². The Balaban J connectivity index is 1.34. The lowest BCUT2D eigenvalue weighted by molar-refractivity contribution is -0.132. The average Bonchev–Trinajstić information content (AvgIpc) is 3.78. The molecule has 0 aromatic heterocycles. The fourth-order valence-corrected chi connectivity index (χ4v) is 9.23. The van der Waals surface area contributed by atoms with E-state index in [2.05, 4.69) is 82.8 Å². The minimum absolute atomic E-state index is 0.0879. The van der Waals surface area contributed by atoms with Gasteiger partial charge in [-0.05, 0) is 90.0 Å². The van der Waals surface area contributed by atoms with Crippen molar-refractivity contribution in [2.24, 2.45) is 10.2 Å². The van der Waals surface area contributed by atoms with Gasteiger partial charge in [0.15, 0.2) is 5.78 Å². The van der Waals surface area contributed by atoms with Gasteiger partial charge in [-0.3, -0.25) is 14.8 Å². The Morgan fingerprint density at radius 2 is 0.836 bits per heavy atom. The number of hydrogen-bond donors (Lipinski definition) is 0. The first-order valence-electron chi connectivity index (χ1n) is 18.9. The summed E-state index contributed by atoms with van der Waals surface area (Å²) in [4.78, 5) is 17.0. The third kappa shape index (κ3) is 5.53. The number of hydrogen-bond acceptors (Lipinski definition) is 7. The topological polar surface area (TPSA) is 66.7 Å². The zero-order valence-electron chi connectivity index (χ0n) is 31.0. The highest BCUT2D eigenvalue weighted by Gasteiger charge is 2.70. The highest BCUT2D eigenvalue weighted by molar-refractivity contribution is 6.21. The van der Waals surface area contributed by atoms with Gasteiger partial charge >= 0.3 is 0 Å². The average molecular weight is 723 g/mol. The van der Waals surface area contributed by atoms with Crippen molar-refractivity contribution in [1.82, 2.24) is 0 Å². The molecule has 7 heteroatoms. The smallest absolute Gasteiger partial charge is 0.190 e. The minimum atomic E-state index is -1.13. The van der Waals surface area contributed by atoms with E-state index in [0.717, 1.165) is 63.0 Å². The van der Waals surface area contributed by atoms with Crippen molar-refractivity contribution in [3.8, 4) is 11.5 Å². The molecule has 0 N–H and O–H groups in total. The number of benzene rings is 6. The number of rotatable bonds is 8. The van der Waals surface area contributed by atoms with E-state index >= 15 is 4.79 Å². The number of ketones is 1. The molecule has 2 unspecified atom stereocenters. The van der Waals surface area contributed by atoms with Gasteiger partial charge in [-0.15, -0.1) is 0 Å². The third-order valence-corrected chi connectivity index (χ3v) is 11.6. The summed E-state index contributed by atoms with van der Waals surface area (Å²) in [5.41, 5.74) is 5.16. The monoisotopic (exact) mass is 722 g/mol. The van der Waals surface area contributed by atoms with E-state index in [0.29, 0.717) is 12.8 Å². The van der Waals surface area contributed by atoms with Gasteiger partial charge in [-0.2, -0.15) is 10.2 Å². The number of methoxy groups -OCH3 is 2. The normalized spacial score (nSPS) is 23.2. The second-order valence-electron chi connectivity index (χ2n) is 14.4. The molecule has 0 amide bonds. The largest absolute Gasteiger partial charge is 0.497 e. The summed E-state index contributed by atoms with van der Waals surface area (Å²) in [6.45, 7) is 0. The standard InChI is InChI=1S/C48H42N4O3/c1-54-40-28-24-34(25-29-40)42-44(36-16-7-3-8-17-36)49-51(38-20-11-5-12-21-38)47(42)32-15-33-48(46(47)53)43(35-26-30-41(55-2)31-27-35)45(37-18-9-4-10-19-37)50-52(48)39-22-13-6-14-23-39/h3-14,16-31,42-43H,15,32-33H2,1-2H3/t42-,43+,47?,48?. The summed E-state index contributed by atoms with van der Waals surface area (Å²) >= 11 is 0. The zero-order chi connectivity index (χ0) is 37.4. The molecule has 1 saturated carbocycles. The summed E-state index contributed by atoms with van der Waals surface area (Å²) in [5, 5.41) is 15.2. The van der Waals surface area contributed by atoms with Crippen LogP contribution in [-0.4, -0.2) is 42.5 Å². The number of ether oxygens (including phenoxy) is 2. The SMILES string of the molecule is COc1ccc([C@H]2C(c3ccccc3)=NN(c3ccccc3)C23CCCC2(C3=O)[C@H](c3ccc(OC)cc3)C(c3ccccc3)=NN2c2ccccc2)cc1. The van der Waals surface area contributed by atoms with Crippen LogP contribution in [0.1, 0.15) is 53.4 Å². The molecular formula is C48H42N4O3. The van der Waals surface area contributed by atoms with Crippen LogP contribution in [0.4, 0.5) is 11.4 Å². The summed E-state index contributed by atoms with van der Waals surface area (Å²) in [5.74, 6) is 0.768. The number of carbonyl (C=O) groups is 1. The van der Waals surface area contributed by atoms with Crippen LogP contribution in [-0.2, 0) is 4.79 Å². The summed E-state index contributed by atoms with van der Waals surface area (Å²) < 4.78 is 11.3. The van der Waals surface area contributed by atoms with Crippen molar-refractivity contribution in [2.45, 2.75) is 42.2 Å². The predicted octanol–water partition coefficient (Wildman–Crippen LogP) is 9.65. The van der Waals surface area contributed by atoms with Crippen LogP contribution in [0.2, 0.25) is 0 Å². The van der Waals surface area contributed by atoms with E-state index in [4.69, 9.17) is 19.7 Å². The Hall–Kier alpha value is -6.47. The van der Waals surface area contributed by atoms with Crippen molar-refractivity contribution in [1.29, 1.82) is 0 Å². The lowest BCUT2D eigenvalue weighted by atomic mass is 9.57. The van der Waals surface area contributed by atoms with E-state index in [-0.39, 0.29) is 5.78 Å². The Morgan fingerprint density at radius 1 is 0.491 bits per heavy atom. The molecule has 6 aromatic rings. The van der Waals surface area contributed by atoms with Gasteiger partial charge in [-0.1, -0.05) is 121 Å². The second-order valence-corrected chi connectivity index (χ2v) is 14.4. The first-order chi connectivity index (χ1) is 27.1. The van der Waals surface area contributed by atoms with Crippen molar-refractivity contribution in [3.05, 3.63) is 192 Å². The maximum Gasteiger partial charge on any atom is 0.190 e. The van der Waals surface area contributed by atoms with Gasteiger partial charge in [0.1, 0.15) is 22.6 Å². The number of para-hydroxylation sites is 2. The molecular weight excluding hydrogens is 681 g/mol. The summed E-state index contributed by atoms with van der Waals surface area (Å²) in [6, 6.07) is 57.3. The second kappa shape index (κ2) is 14.1. The van der Waals surface area contributed by atoms with Crippen LogP contribution in [0.25, 0.3) is 0 Å². The van der Waals surface area contributed by atoms with Gasteiger partial charge in [-0.25, -0.2) is 0 Å². The molecule has 55 heavy (non-hydrogen) atoms. The fourth-order valence-electron chi connectivity index (χ4n) is 9.23. The molecule has 9 rings (SSSR count). The van der Waals surface area contributed by atoms with Crippen molar-refractivity contribution < 1.29 is 14.3 Å². The molecule has 0 saturated heterocycles. The minimum Gasteiger partial charge on any atom is -0.497 e. The molecule has 2 heterocycles. The van der Waals surface area contributed by atoms with E-state index in [1.807, 2.05) is 97.1 Å². The van der Waals surface area contributed by atoms with Crippen LogP contribution in [0, 0.1) is 0 Å². The number of hydrazone groups is 2. The third-order valence-electron chi connectivity index (χ3n) is 11.6. The van der Waals surface area contributed by atoms with Gasteiger partial charge in [0.2, 0.25) is 0 Å². The van der Waals surface area contributed by atoms with Crippen LogP contribution < -0.4 is 19.5 Å². The van der Waals surface area contributed by atoms with E-state index in [9.17, 15) is 0 Å². The van der Waals surface area contributed by atoms with E-state index in [1.54, 1.807) is 14.2 Å². The molecule has 4 atom stereocenters. The van der Waals surface area contributed by atoms with Gasteiger partial charge in [0.25, 0.3) is 0 Å². The summed E-state index contributed by atoms with van der Waals surface area (Å²) in [6.07, 6.45) is 1.95. The molecule has 7 nitrogen and oxygen atoms in total. The number of Topliss-reactive ketones (excluding diaryl/α,β-unsaturated/α-hetero) is 1. The molecule has 272 valence electrons. The maximum atomic E-state index is 17.0. The van der Waals surface area contributed by atoms with Crippen molar-refractivity contribution in [3.63, 3.8) is 0 Å². The first-order valence-corrected chi connectivity index (χ1v) is 18.9. The molecule has 0 bridgehead atoms. The van der Waals surface area contributed by atoms with Crippen molar-refractivity contribution >= 4 is 28.6 Å². The molecule has 2 spiro atoms. The Kier molecular flexibility index (Phi) is 8.77. The van der Waals surface area contributed by atoms with E-state index < -0.39 is 22.9 Å². The van der Waals surface area contributed by atoms with Gasteiger partial charge in [0.05, 0.1) is 48.9 Å². The highest BCUT2D eigenvalue weighted by atomic mass is 16.5. The molecule has 3 aliphatic rings. The first kappa shape index (κ1) is 34.3. The molecule has 1 fully saturated rings. The Labute approximate surface area is 322 Å². The summed E-state index contributed by atoms with van der Waals surface area (Å²) in [7, 11) is 3.35. The lowest BCUT2D eigenvalue weighted by Gasteiger charge is -2.53. The molecule has 6 aromatic carbocycles. The van der Waals surface area contributed by atoms with Crippen LogP contribution >= 0.6 is 0 Å². The Morgan fingerprint density at radius 3 is 1.18 bits per heavy atom. The molecule has 0 radical (unpaired) electrons. The number of anilines is 2. The van der Waals surface area contributed by atoms with Crippen LogP contribution in [0.15, 0.2) is 180 Å². The lowest BCUT2D eigenvalue weighted by Crippen LogP contribution is -2.70. The van der Waals surface area contributed by atoms with Crippen LogP contribution in [0.5, 0.6) is 11.5 Å². The van der Waals surface area contributed by atoms with Gasteiger partial charge < -0.3 is 9.47 Å². The molecule has 1 aliphatic carbocycles. The van der Waals surface area contributed by atoms with Crippen molar-refractivity contribution in [2.75, 3.05) is 24.2 Å². The zero-order valence-corrected chi connectivity index (χ0v) is 31.0. The highest BCUT2D eigenvalue weighted by Crippen LogP contribution is 2.59. The van der Waals surface area contributed by atoms with E-state index in [1.165, 1.54) is 0 Å². The fraction of sp³-hybridized carbons (Fsp3) is 0.188. The Bertz CT molecular complexity index is 2180.